The molecule has 4 rings (SSSR count). The van der Waals surface area contributed by atoms with Gasteiger partial charge in [-0.25, -0.2) is 0 Å². The van der Waals surface area contributed by atoms with Crippen molar-refractivity contribution in [3.05, 3.63) is 77.4 Å². The molecule has 3 aromatic rings. The van der Waals surface area contributed by atoms with E-state index in [-0.39, 0.29) is 36.7 Å². The molecular weight excluding hydrogens is 430 g/mol. The summed E-state index contributed by atoms with van der Waals surface area (Å²) in [7, 11) is 5.55. The molecule has 0 aliphatic carbocycles. The number of ether oxygens (including phenoxy) is 1. The molecule has 7 nitrogen and oxygen atoms in total. The number of nitrogens with zero attached hydrogens (tertiary/aromatic N) is 2. The van der Waals surface area contributed by atoms with Gasteiger partial charge in [0.05, 0.1) is 13.2 Å². The van der Waals surface area contributed by atoms with Crippen LogP contribution >= 0.6 is 0 Å². The van der Waals surface area contributed by atoms with Gasteiger partial charge in [-0.05, 0) is 55.7 Å². The number of hydrogen-bond acceptors (Lipinski definition) is 5. The quantitative estimate of drug-likeness (QED) is 0.494. The van der Waals surface area contributed by atoms with Gasteiger partial charge in [0.1, 0.15) is 5.75 Å². The molecule has 0 aromatic heterocycles. The Hall–Kier alpha value is -3.71. The van der Waals surface area contributed by atoms with E-state index in [0.717, 1.165) is 16.7 Å². The van der Waals surface area contributed by atoms with Gasteiger partial charge in [-0.3, -0.25) is 19.3 Å². The van der Waals surface area contributed by atoms with Crippen molar-refractivity contribution in [3.63, 3.8) is 0 Å². The highest BCUT2D eigenvalue weighted by Crippen LogP contribution is 2.30. The molecule has 0 radical (unpaired) electrons. The summed E-state index contributed by atoms with van der Waals surface area (Å²) in [4.78, 5) is 41.8. The van der Waals surface area contributed by atoms with Crippen molar-refractivity contribution in [2.24, 2.45) is 0 Å². The molecule has 1 N–H and O–H groups in total. The molecule has 0 saturated heterocycles. The van der Waals surface area contributed by atoms with Crippen molar-refractivity contribution in [2.45, 2.75) is 18.9 Å². The zero-order valence-electron chi connectivity index (χ0n) is 19.7. The highest BCUT2D eigenvalue weighted by Gasteiger charge is 2.32. The first kappa shape index (κ1) is 23.4. The Morgan fingerprint density at radius 3 is 2.26 bits per heavy atom. The maximum atomic E-state index is 13.0. The van der Waals surface area contributed by atoms with Gasteiger partial charge < -0.3 is 15.0 Å². The van der Waals surface area contributed by atoms with Gasteiger partial charge in [-0.15, -0.1) is 0 Å². The van der Waals surface area contributed by atoms with Crippen molar-refractivity contribution in [1.82, 2.24) is 15.1 Å². The van der Waals surface area contributed by atoms with E-state index < -0.39 is 0 Å². The van der Waals surface area contributed by atoms with Gasteiger partial charge in [-0.2, -0.15) is 0 Å². The SMILES string of the molecule is COc1cccc(C(CNC(=O)CCCN2C(=O)c3cccc4cccc(c34)C2=O)N(C)C)c1. The normalized spacial score (nSPS) is 13.9. The summed E-state index contributed by atoms with van der Waals surface area (Å²) in [6, 6.07) is 18.7. The maximum Gasteiger partial charge on any atom is 0.261 e. The summed E-state index contributed by atoms with van der Waals surface area (Å²) in [5, 5.41) is 4.57. The highest BCUT2D eigenvalue weighted by molar-refractivity contribution is 6.25. The molecule has 1 aliphatic heterocycles. The molecule has 0 fully saturated rings. The van der Waals surface area contributed by atoms with Crippen LogP contribution in [0.5, 0.6) is 5.75 Å². The molecule has 0 saturated carbocycles. The van der Waals surface area contributed by atoms with Crippen molar-refractivity contribution in [2.75, 3.05) is 34.3 Å². The summed E-state index contributed by atoms with van der Waals surface area (Å²) >= 11 is 0. The van der Waals surface area contributed by atoms with E-state index in [1.807, 2.05) is 67.5 Å². The van der Waals surface area contributed by atoms with Crippen LogP contribution in [0, 0.1) is 0 Å². The van der Waals surface area contributed by atoms with Gasteiger partial charge >= 0.3 is 0 Å². The summed E-state index contributed by atoms with van der Waals surface area (Å²) < 4.78 is 5.31. The van der Waals surface area contributed by atoms with Crippen LogP contribution in [0.25, 0.3) is 10.8 Å². The monoisotopic (exact) mass is 459 g/mol. The standard InChI is InChI=1S/C27H29N3O4/c1-29(2)23(19-10-4-11-20(16-19)34-3)17-28-24(31)14-7-15-30-26(32)21-12-5-8-18-9-6-13-22(25(18)21)27(30)33/h4-6,8-13,16,23H,7,14-15,17H2,1-3H3,(H,28,31). The first-order chi connectivity index (χ1) is 16.4. The van der Waals surface area contributed by atoms with Crippen molar-refractivity contribution >= 4 is 28.5 Å². The number of carbonyl (C=O) groups excluding carboxylic acids is 3. The predicted octanol–water partition coefficient (Wildman–Crippen LogP) is 3.64. The van der Waals surface area contributed by atoms with Crippen LogP contribution in [-0.2, 0) is 4.79 Å². The third-order valence-corrected chi connectivity index (χ3v) is 6.24. The van der Waals surface area contributed by atoms with Crippen molar-refractivity contribution in [3.8, 4) is 5.75 Å². The van der Waals surface area contributed by atoms with Crippen molar-refractivity contribution < 1.29 is 19.1 Å². The molecule has 7 heteroatoms. The molecular formula is C27H29N3O4. The van der Waals surface area contributed by atoms with Crippen LogP contribution in [0.2, 0.25) is 0 Å². The minimum atomic E-state index is -0.305. The number of carbonyl (C=O) groups is 3. The molecule has 34 heavy (non-hydrogen) atoms. The Morgan fingerprint density at radius 2 is 1.65 bits per heavy atom. The zero-order valence-corrected chi connectivity index (χ0v) is 19.7. The second-order valence-electron chi connectivity index (χ2n) is 8.63. The van der Waals surface area contributed by atoms with Crippen LogP contribution in [0.4, 0.5) is 0 Å². The smallest absolute Gasteiger partial charge is 0.261 e. The molecule has 1 unspecified atom stereocenters. The van der Waals surface area contributed by atoms with Gasteiger partial charge in [0.25, 0.3) is 11.8 Å². The second kappa shape index (κ2) is 10.1. The minimum absolute atomic E-state index is 0.0127. The average Bonchev–Trinajstić information content (AvgIpc) is 2.84. The topological polar surface area (TPSA) is 79.0 Å². The van der Waals surface area contributed by atoms with E-state index in [1.165, 1.54) is 4.90 Å². The number of hydrogen-bond donors (Lipinski definition) is 1. The minimum Gasteiger partial charge on any atom is -0.497 e. The van der Waals surface area contributed by atoms with E-state index >= 15 is 0 Å². The number of methoxy groups -OCH3 is 1. The lowest BCUT2D eigenvalue weighted by atomic mass is 9.94. The summed E-state index contributed by atoms with van der Waals surface area (Å²) in [6.07, 6.45) is 0.619. The average molecular weight is 460 g/mol. The third-order valence-electron chi connectivity index (χ3n) is 6.24. The molecule has 0 spiro atoms. The zero-order chi connectivity index (χ0) is 24.2. The van der Waals surface area contributed by atoms with Crippen LogP contribution in [0.3, 0.4) is 0 Å². The fourth-order valence-electron chi connectivity index (χ4n) is 4.43. The molecule has 0 bridgehead atoms. The first-order valence-electron chi connectivity index (χ1n) is 11.4. The van der Waals surface area contributed by atoms with E-state index in [9.17, 15) is 14.4 Å². The Morgan fingerprint density at radius 1 is 1.00 bits per heavy atom. The van der Waals surface area contributed by atoms with Crippen LogP contribution in [-0.4, -0.2) is 61.8 Å². The van der Waals surface area contributed by atoms with Crippen molar-refractivity contribution in [1.29, 1.82) is 0 Å². The van der Waals surface area contributed by atoms with Crippen LogP contribution < -0.4 is 10.1 Å². The molecule has 3 amide bonds. The van der Waals surface area contributed by atoms with Gasteiger partial charge in [0.2, 0.25) is 5.91 Å². The number of imide groups is 1. The summed E-state index contributed by atoms with van der Waals surface area (Å²) in [5.41, 5.74) is 2.11. The Kier molecular flexibility index (Phi) is 6.93. The fraction of sp³-hybridized carbons (Fsp3) is 0.296. The first-order valence-corrected chi connectivity index (χ1v) is 11.4. The predicted molar refractivity (Wildman–Crippen MR) is 131 cm³/mol. The van der Waals surface area contributed by atoms with Crippen LogP contribution in [0.15, 0.2) is 60.7 Å². The Bertz CT molecular complexity index is 1190. The molecule has 176 valence electrons. The second-order valence-corrected chi connectivity index (χ2v) is 8.63. The third kappa shape index (κ3) is 4.65. The lowest BCUT2D eigenvalue weighted by molar-refractivity contribution is -0.121. The van der Waals surface area contributed by atoms with E-state index in [2.05, 4.69) is 5.32 Å². The van der Waals surface area contributed by atoms with E-state index in [0.29, 0.717) is 29.5 Å². The molecule has 1 atom stereocenters. The van der Waals surface area contributed by atoms with E-state index in [4.69, 9.17) is 4.74 Å². The van der Waals surface area contributed by atoms with Gasteiger partial charge in [0.15, 0.2) is 0 Å². The Balaban J connectivity index is 1.35. The van der Waals surface area contributed by atoms with E-state index in [1.54, 1.807) is 19.2 Å². The van der Waals surface area contributed by atoms with Crippen LogP contribution in [0.1, 0.15) is 45.2 Å². The molecule has 1 aliphatic rings. The maximum absolute atomic E-state index is 13.0. The van der Waals surface area contributed by atoms with Gasteiger partial charge in [-0.1, -0.05) is 36.4 Å². The molecule has 1 heterocycles. The number of likely N-dealkylation sites (N-methyl/N-ethyl adjacent to an activating group) is 1. The summed E-state index contributed by atoms with van der Waals surface area (Å²) in [5.74, 6) is 0.0405. The number of benzene rings is 3. The summed E-state index contributed by atoms with van der Waals surface area (Å²) in [6.45, 7) is 0.638. The molecule has 3 aromatic carbocycles. The fourth-order valence-corrected chi connectivity index (χ4v) is 4.43. The lowest BCUT2D eigenvalue weighted by Gasteiger charge is -2.27. The van der Waals surface area contributed by atoms with Gasteiger partial charge in [0, 0.05) is 36.0 Å². The number of nitrogens with one attached hydrogen (secondary N) is 1. The largest absolute Gasteiger partial charge is 0.497 e. The number of amides is 3. The lowest BCUT2D eigenvalue weighted by Crippen LogP contribution is -2.41. The highest BCUT2D eigenvalue weighted by atomic mass is 16.5. The Labute approximate surface area is 199 Å². The number of rotatable bonds is 9.